The van der Waals surface area contributed by atoms with Crippen LogP contribution in [0.5, 0.6) is 0 Å². The number of carbonyl (C=O) groups is 1. The van der Waals surface area contributed by atoms with Gasteiger partial charge in [-0.3, -0.25) is 4.79 Å². The van der Waals surface area contributed by atoms with Crippen molar-refractivity contribution in [2.24, 2.45) is 5.92 Å². The topological polar surface area (TPSA) is 49.8 Å². The zero-order chi connectivity index (χ0) is 8.43. The predicted molar refractivity (Wildman–Crippen MR) is 38.9 cm³/mol. The molecule has 0 radical (unpaired) electrons. The van der Waals surface area contributed by atoms with Gasteiger partial charge in [-0.05, 0) is 12.8 Å². The number of nitrogens with zero attached hydrogens (tertiary/aromatic N) is 1. The van der Waals surface area contributed by atoms with Crippen molar-refractivity contribution in [2.45, 2.75) is 18.9 Å². The zero-order valence-electron chi connectivity index (χ0n) is 6.78. The summed E-state index contributed by atoms with van der Waals surface area (Å²) in [4.78, 5) is 15.3. The quantitative estimate of drug-likeness (QED) is 0.603. The number of rotatable bonds is 3. The Hall–Kier alpha value is -0.610. The Morgan fingerprint density at radius 2 is 2.18 bits per heavy atom. The van der Waals surface area contributed by atoms with E-state index in [2.05, 4.69) is 0 Å². The summed E-state index contributed by atoms with van der Waals surface area (Å²) in [5.74, 6) is -0.844. The monoisotopic (exact) mass is 159 g/mol. The highest BCUT2D eigenvalue weighted by Gasteiger charge is 2.36. The Kier molecular flexibility index (Phi) is 2.46. The third-order valence-corrected chi connectivity index (χ3v) is 2.26. The van der Waals surface area contributed by atoms with E-state index in [1.54, 1.807) is 12.2 Å². The minimum atomic E-state index is -0.689. The molecule has 0 unspecified atom stereocenters. The number of carboxylic acid groups (broad SMARTS) is 1. The van der Waals surface area contributed by atoms with Crippen LogP contribution in [-0.2, 0) is 9.63 Å². The van der Waals surface area contributed by atoms with Gasteiger partial charge in [-0.25, -0.2) is 0 Å². The maximum absolute atomic E-state index is 10.4. The van der Waals surface area contributed by atoms with E-state index in [1.165, 1.54) is 0 Å². The molecule has 0 amide bonds. The molecule has 0 aromatic heterocycles. The van der Waals surface area contributed by atoms with Crippen LogP contribution < -0.4 is 0 Å². The van der Waals surface area contributed by atoms with Gasteiger partial charge in [0.1, 0.15) is 0 Å². The van der Waals surface area contributed by atoms with Crippen molar-refractivity contribution in [1.29, 1.82) is 0 Å². The minimum absolute atomic E-state index is 0.155. The Bertz CT molecular complexity index is 154. The molecule has 1 aliphatic rings. The number of aliphatic carboxylic acids is 1. The molecule has 1 N–H and O–H groups in total. The number of carboxylic acids is 1. The summed E-state index contributed by atoms with van der Waals surface area (Å²) < 4.78 is 0. The van der Waals surface area contributed by atoms with Crippen LogP contribution in [0.3, 0.4) is 0 Å². The van der Waals surface area contributed by atoms with Gasteiger partial charge in [-0.2, -0.15) is 5.06 Å². The van der Waals surface area contributed by atoms with Gasteiger partial charge in [0.05, 0.1) is 13.0 Å². The van der Waals surface area contributed by atoms with E-state index in [0.717, 1.165) is 0 Å². The number of hydrogen-bond donors (Lipinski definition) is 1. The molecule has 1 saturated carbocycles. The fourth-order valence-electron chi connectivity index (χ4n) is 1.24. The Labute approximate surface area is 65.7 Å². The highest BCUT2D eigenvalue weighted by molar-refractivity contribution is 5.71. The Morgan fingerprint density at radius 3 is 2.55 bits per heavy atom. The van der Waals surface area contributed by atoms with E-state index < -0.39 is 5.97 Å². The molecule has 0 heterocycles. The third-order valence-electron chi connectivity index (χ3n) is 2.26. The molecule has 0 bridgehead atoms. The normalized spacial score (nSPS) is 30.1. The molecule has 0 aromatic rings. The molecular weight excluding hydrogens is 146 g/mol. The average molecular weight is 159 g/mol. The molecular formula is C7H13NO3. The molecule has 0 aromatic carbocycles. The van der Waals surface area contributed by atoms with E-state index >= 15 is 0 Å². The van der Waals surface area contributed by atoms with Gasteiger partial charge >= 0.3 is 5.97 Å². The van der Waals surface area contributed by atoms with Crippen LogP contribution in [0.2, 0.25) is 0 Å². The zero-order valence-corrected chi connectivity index (χ0v) is 6.78. The predicted octanol–water partition coefficient (Wildman–Crippen LogP) is 0.343. The van der Waals surface area contributed by atoms with E-state index in [-0.39, 0.29) is 5.92 Å². The lowest BCUT2D eigenvalue weighted by molar-refractivity contribution is -0.178. The van der Waals surface area contributed by atoms with Gasteiger partial charge < -0.3 is 9.94 Å². The molecule has 1 aliphatic carbocycles. The van der Waals surface area contributed by atoms with Crippen LogP contribution in [0.15, 0.2) is 0 Å². The number of hydroxylamine groups is 2. The summed E-state index contributed by atoms with van der Waals surface area (Å²) in [6.45, 7) is 0. The first-order chi connectivity index (χ1) is 5.15. The summed E-state index contributed by atoms with van der Waals surface area (Å²) in [6.07, 6.45) is 1.42. The average Bonchev–Trinajstić information content (AvgIpc) is 1.83. The van der Waals surface area contributed by atoms with Crippen LogP contribution in [0.1, 0.15) is 12.8 Å². The highest BCUT2D eigenvalue weighted by atomic mass is 16.7. The van der Waals surface area contributed by atoms with Crippen LogP contribution in [-0.4, -0.2) is 36.3 Å². The van der Waals surface area contributed by atoms with Crippen LogP contribution in [0.4, 0.5) is 0 Å². The fraction of sp³-hybridized carbons (Fsp3) is 0.857. The van der Waals surface area contributed by atoms with Gasteiger partial charge in [0.2, 0.25) is 0 Å². The SMILES string of the molecule is CON(C)C1CC(C(=O)O)C1. The lowest BCUT2D eigenvalue weighted by atomic mass is 9.80. The molecule has 0 spiro atoms. The molecule has 0 atom stereocenters. The van der Waals surface area contributed by atoms with Crippen molar-refractivity contribution in [2.75, 3.05) is 14.2 Å². The van der Waals surface area contributed by atoms with Crippen LogP contribution >= 0.6 is 0 Å². The Morgan fingerprint density at radius 1 is 1.64 bits per heavy atom. The second-order valence-corrected chi connectivity index (χ2v) is 2.89. The standard InChI is InChI=1S/C7H13NO3/c1-8(11-2)6-3-5(4-6)7(9)10/h5-6H,3-4H2,1-2H3,(H,9,10). The second kappa shape index (κ2) is 3.19. The molecule has 11 heavy (non-hydrogen) atoms. The molecule has 4 nitrogen and oxygen atoms in total. The molecule has 0 saturated heterocycles. The lowest BCUT2D eigenvalue weighted by Crippen LogP contribution is -2.44. The van der Waals surface area contributed by atoms with Crippen LogP contribution in [0, 0.1) is 5.92 Å². The second-order valence-electron chi connectivity index (χ2n) is 2.89. The third kappa shape index (κ3) is 1.70. The maximum Gasteiger partial charge on any atom is 0.306 e. The molecule has 0 aliphatic heterocycles. The summed E-state index contributed by atoms with van der Waals surface area (Å²) in [5, 5.41) is 10.3. The first kappa shape index (κ1) is 8.49. The summed E-state index contributed by atoms with van der Waals surface area (Å²) in [6, 6.07) is 0.293. The van der Waals surface area contributed by atoms with E-state index in [1.807, 2.05) is 7.05 Å². The lowest BCUT2D eigenvalue weighted by Gasteiger charge is -2.37. The molecule has 4 heteroatoms. The van der Waals surface area contributed by atoms with E-state index in [9.17, 15) is 4.79 Å². The van der Waals surface area contributed by atoms with Gasteiger partial charge in [0.25, 0.3) is 0 Å². The number of hydrogen-bond acceptors (Lipinski definition) is 3. The highest BCUT2D eigenvalue weighted by Crippen LogP contribution is 2.30. The molecule has 64 valence electrons. The van der Waals surface area contributed by atoms with E-state index in [0.29, 0.717) is 18.9 Å². The molecule has 1 rings (SSSR count). The fourth-order valence-corrected chi connectivity index (χ4v) is 1.24. The van der Waals surface area contributed by atoms with Gasteiger partial charge in [0.15, 0.2) is 0 Å². The maximum atomic E-state index is 10.4. The van der Waals surface area contributed by atoms with Crippen molar-refractivity contribution in [3.05, 3.63) is 0 Å². The summed E-state index contributed by atoms with van der Waals surface area (Å²) >= 11 is 0. The van der Waals surface area contributed by atoms with Gasteiger partial charge in [-0.15, -0.1) is 0 Å². The smallest absolute Gasteiger partial charge is 0.306 e. The largest absolute Gasteiger partial charge is 0.481 e. The van der Waals surface area contributed by atoms with Crippen molar-refractivity contribution in [3.8, 4) is 0 Å². The van der Waals surface area contributed by atoms with Crippen LogP contribution in [0.25, 0.3) is 0 Å². The first-order valence-electron chi connectivity index (χ1n) is 3.65. The van der Waals surface area contributed by atoms with Crippen molar-refractivity contribution >= 4 is 5.97 Å². The van der Waals surface area contributed by atoms with Gasteiger partial charge in [-0.1, -0.05) is 0 Å². The van der Waals surface area contributed by atoms with Crippen molar-refractivity contribution in [1.82, 2.24) is 5.06 Å². The molecule has 1 fully saturated rings. The minimum Gasteiger partial charge on any atom is -0.481 e. The summed E-state index contributed by atoms with van der Waals surface area (Å²) in [7, 11) is 3.41. The summed E-state index contributed by atoms with van der Waals surface area (Å²) in [5.41, 5.74) is 0. The first-order valence-corrected chi connectivity index (χ1v) is 3.65. The van der Waals surface area contributed by atoms with Gasteiger partial charge in [0, 0.05) is 13.1 Å². The van der Waals surface area contributed by atoms with E-state index in [4.69, 9.17) is 9.94 Å². The Balaban J connectivity index is 2.23. The van der Waals surface area contributed by atoms with Crippen molar-refractivity contribution < 1.29 is 14.7 Å². The van der Waals surface area contributed by atoms with Crippen molar-refractivity contribution in [3.63, 3.8) is 0 Å².